The lowest BCUT2D eigenvalue weighted by molar-refractivity contribution is 0.708. The third-order valence-corrected chi connectivity index (χ3v) is 4.85. The second-order valence-electron chi connectivity index (χ2n) is 5.48. The van der Waals surface area contributed by atoms with Crippen molar-refractivity contribution in [2.24, 2.45) is 5.18 Å². The zero-order chi connectivity index (χ0) is 16.9. The van der Waals surface area contributed by atoms with Gasteiger partial charge >= 0.3 is 0 Å². The quantitative estimate of drug-likeness (QED) is 0.605. The van der Waals surface area contributed by atoms with Gasteiger partial charge in [0, 0.05) is 11.1 Å². The van der Waals surface area contributed by atoms with Crippen LogP contribution in [0, 0.1) is 11.8 Å². The Morgan fingerprint density at radius 1 is 1.21 bits per heavy atom. The maximum absolute atomic E-state index is 10.9. The molecule has 0 spiro atoms. The average Bonchev–Trinajstić information content (AvgIpc) is 3.06. The first-order chi connectivity index (χ1) is 11.7. The van der Waals surface area contributed by atoms with Gasteiger partial charge in [0.25, 0.3) is 0 Å². The van der Waals surface area contributed by atoms with E-state index >= 15 is 0 Å². The molecule has 0 fully saturated rings. The molecule has 1 unspecified atom stereocenters. The van der Waals surface area contributed by atoms with Gasteiger partial charge in [-0.15, -0.1) is 11.3 Å². The minimum absolute atomic E-state index is 0.276. The van der Waals surface area contributed by atoms with Crippen LogP contribution in [0.25, 0.3) is 10.6 Å². The summed E-state index contributed by atoms with van der Waals surface area (Å²) in [5.41, 5.74) is 2.00. The van der Waals surface area contributed by atoms with E-state index in [4.69, 9.17) is 0 Å². The van der Waals surface area contributed by atoms with E-state index in [0.717, 1.165) is 32.6 Å². The minimum Gasteiger partial charge on any atom is -0.325 e. The van der Waals surface area contributed by atoms with Gasteiger partial charge in [-0.3, -0.25) is 0 Å². The summed E-state index contributed by atoms with van der Waals surface area (Å²) in [4.78, 5) is 21.8. The highest BCUT2D eigenvalue weighted by Crippen LogP contribution is 2.33. The number of nitrogens with zero attached hydrogens (tertiary/aromatic N) is 3. The van der Waals surface area contributed by atoms with E-state index in [-0.39, 0.29) is 6.04 Å². The molecule has 0 saturated carbocycles. The number of anilines is 2. The standard InChI is InChI=1S/C18H18N4OS/c1-3-13(22-23)15-7-8-16(24-15)14-5-4-6-17(20-14)21-18-11-12(2)9-10-19-18/h4-11,13H,3H2,1-2H3,(H,19,20,21). The molecule has 3 heterocycles. The second-order valence-corrected chi connectivity index (χ2v) is 6.60. The van der Waals surface area contributed by atoms with Crippen LogP contribution in [0.15, 0.2) is 53.8 Å². The van der Waals surface area contributed by atoms with Crippen molar-refractivity contribution < 1.29 is 0 Å². The Morgan fingerprint density at radius 2 is 2.08 bits per heavy atom. The van der Waals surface area contributed by atoms with Gasteiger partial charge in [0.2, 0.25) is 0 Å². The maximum atomic E-state index is 10.9. The molecule has 0 radical (unpaired) electrons. The topological polar surface area (TPSA) is 67.2 Å². The van der Waals surface area contributed by atoms with Gasteiger partial charge in [0.1, 0.15) is 17.7 Å². The predicted molar refractivity (Wildman–Crippen MR) is 98.6 cm³/mol. The number of nitroso groups, excluding NO2 is 1. The van der Waals surface area contributed by atoms with Gasteiger partial charge in [-0.2, -0.15) is 4.91 Å². The number of rotatable bonds is 6. The van der Waals surface area contributed by atoms with Crippen molar-refractivity contribution in [2.75, 3.05) is 5.32 Å². The third-order valence-electron chi connectivity index (χ3n) is 3.64. The number of thiophene rings is 1. The molecule has 0 aromatic carbocycles. The fourth-order valence-corrected chi connectivity index (χ4v) is 3.46. The van der Waals surface area contributed by atoms with Gasteiger partial charge in [-0.1, -0.05) is 18.2 Å². The zero-order valence-corrected chi connectivity index (χ0v) is 14.4. The number of hydrogen-bond donors (Lipinski definition) is 1. The highest BCUT2D eigenvalue weighted by atomic mass is 32.1. The van der Waals surface area contributed by atoms with Crippen LogP contribution in [0.2, 0.25) is 0 Å². The van der Waals surface area contributed by atoms with Crippen molar-refractivity contribution in [3.8, 4) is 10.6 Å². The van der Waals surface area contributed by atoms with E-state index in [1.165, 1.54) is 0 Å². The Morgan fingerprint density at radius 3 is 2.83 bits per heavy atom. The Hall–Kier alpha value is -2.60. The molecule has 3 aromatic heterocycles. The van der Waals surface area contributed by atoms with E-state index in [1.54, 1.807) is 17.5 Å². The molecular weight excluding hydrogens is 320 g/mol. The molecule has 1 atom stereocenters. The van der Waals surface area contributed by atoms with Gasteiger partial charge in [-0.05, 0) is 55.3 Å². The Labute approximate surface area is 144 Å². The van der Waals surface area contributed by atoms with Gasteiger partial charge in [-0.25, -0.2) is 9.97 Å². The predicted octanol–water partition coefficient (Wildman–Crippen LogP) is 5.47. The minimum atomic E-state index is -0.276. The molecule has 0 aliphatic heterocycles. The summed E-state index contributed by atoms with van der Waals surface area (Å²) in [5.74, 6) is 1.50. The maximum Gasteiger partial charge on any atom is 0.132 e. The van der Waals surface area contributed by atoms with Crippen LogP contribution < -0.4 is 5.32 Å². The molecule has 1 N–H and O–H groups in total. The molecule has 5 nitrogen and oxygen atoms in total. The highest BCUT2D eigenvalue weighted by molar-refractivity contribution is 7.15. The zero-order valence-electron chi connectivity index (χ0n) is 13.6. The van der Waals surface area contributed by atoms with Crippen molar-refractivity contribution in [2.45, 2.75) is 26.3 Å². The molecule has 3 rings (SSSR count). The first kappa shape index (κ1) is 16.3. The highest BCUT2D eigenvalue weighted by Gasteiger charge is 2.13. The van der Waals surface area contributed by atoms with Crippen LogP contribution in [0.3, 0.4) is 0 Å². The van der Waals surface area contributed by atoms with E-state index in [2.05, 4.69) is 20.5 Å². The lowest BCUT2D eigenvalue weighted by Crippen LogP contribution is -1.96. The van der Waals surface area contributed by atoms with Crippen LogP contribution in [0.4, 0.5) is 11.6 Å². The van der Waals surface area contributed by atoms with Crippen LogP contribution in [0.5, 0.6) is 0 Å². The summed E-state index contributed by atoms with van der Waals surface area (Å²) >= 11 is 1.56. The lowest BCUT2D eigenvalue weighted by Gasteiger charge is -2.06. The number of aryl methyl sites for hydroxylation is 1. The van der Waals surface area contributed by atoms with Crippen molar-refractivity contribution in [1.29, 1.82) is 0 Å². The van der Waals surface area contributed by atoms with Crippen molar-refractivity contribution in [3.05, 3.63) is 64.0 Å². The summed E-state index contributed by atoms with van der Waals surface area (Å²) in [6.07, 6.45) is 2.47. The fourth-order valence-electron chi connectivity index (χ4n) is 2.37. The van der Waals surface area contributed by atoms with Crippen LogP contribution in [-0.4, -0.2) is 9.97 Å². The number of nitrogens with one attached hydrogen (secondary N) is 1. The van der Waals surface area contributed by atoms with Gasteiger partial charge in [0.05, 0.1) is 10.6 Å². The summed E-state index contributed by atoms with van der Waals surface area (Å²) in [7, 11) is 0. The monoisotopic (exact) mass is 338 g/mol. The molecule has 0 aliphatic rings. The van der Waals surface area contributed by atoms with Crippen LogP contribution >= 0.6 is 11.3 Å². The van der Waals surface area contributed by atoms with Crippen molar-refractivity contribution >= 4 is 23.0 Å². The first-order valence-corrected chi connectivity index (χ1v) is 8.60. The van der Waals surface area contributed by atoms with Gasteiger partial charge < -0.3 is 5.32 Å². The fraction of sp³-hybridized carbons (Fsp3) is 0.222. The SMILES string of the molecule is CCC(N=O)c1ccc(-c2cccc(Nc3cc(C)ccn3)n2)s1. The molecule has 0 saturated heterocycles. The smallest absolute Gasteiger partial charge is 0.132 e. The molecule has 24 heavy (non-hydrogen) atoms. The van der Waals surface area contributed by atoms with E-state index in [9.17, 15) is 4.91 Å². The lowest BCUT2D eigenvalue weighted by atomic mass is 10.2. The Balaban J connectivity index is 1.84. The largest absolute Gasteiger partial charge is 0.325 e. The molecule has 0 bridgehead atoms. The summed E-state index contributed by atoms with van der Waals surface area (Å²) in [6, 6.07) is 13.4. The molecule has 122 valence electrons. The number of aromatic nitrogens is 2. The number of hydrogen-bond acceptors (Lipinski definition) is 6. The molecule has 0 aliphatic carbocycles. The summed E-state index contributed by atoms with van der Waals surface area (Å²) in [5, 5.41) is 6.41. The van der Waals surface area contributed by atoms with E-state index in [0.29, 0.717) is 6.42 Å². The Bertz CT molecular complexity index is 846. The van der Waals surface area contributed by atoms with E-state index < -0.39 is 0 Å². The Kier molecular flexibility index (Phi) is 4.96. The third kappa shape index (κ3) is 3.65. The molecule has 0 amide bonds. The van der Waals surface area contributed by atoms with Crippen molar-refractivity contribution in [3.63, 3.8) is 0 Å². The second kappa shape index (κ2) is 7.31. The van der Waals surface area contributed by atoms with E-state index in [1.807, 2.05) is 56.3 Å². The van der Waals surface area contributed by atoms with Crippen LogP contribution in [0.1, 0.15) is 29.8 Å². The molecule has 6 heteroatoms. The number of pyridine rings is 2. The average molecular weight is 338 g/mol. The van der Waals surface area contributed by atoms with Crippen LogP contribution in [-0.2, 0) is 0 Å². The summed E-state index contributed by atoms with van der Waals surface area (Å²) in [6.45, 7) is 3.98. The molecule has 3 aromatic rings. The van der Waals surface area contributed by atoms with Crippen molar-refractivity contribution in [1.82, 2.24) is 9.97 Å². The first-order valence-electron chi connectivity index (χ1n) is 7.79. The molecular formula is C18H18N4OS. The normalized spacial score (nSPS) is 11.9. The summed E-state index contributed by atoms with van der Waals surface area (Å²) < 4.78 is 0. The van der Waals surface area contributed by atoms with Gasteiger partial charge in [0.15, 0.2) is 0 Å².